The first-order valence-electron chi connectivity index (χ1n) is 7.97. The van der Waals surface area contributed by atoms with E-state index in [1.165, 1.54) is 4.68 Å². The third-order valence-electron chi connectivity index (χ3n) is 3.36. The molecule has 0 spiro atoms. The summed E-state index contributed by atoms with van der Waals surface area (Å²) in [7, 11) is 0. The molecular weight excluding hydrogens is 354 g/mol. The molecule has 1 heterocycles. The van der Waals surface area contributed by atoms with Crippen molar-refractivity contribution in [2.24, 2.45) is 0 Å². The number of ether oxygens (including phenoxy) is 1. The van der Waals surface area contributed by atoms with E-state index in [9.17, 15) is 9.90 Å². The van der Waals surface area contributed by atoms with Crippen LogP contribution in [0.3, 0.4) is 0 Å². The lowest BCUT2D eigenvalue weighted by molar-refractivity contribution is -0.705. The van der Waals surface area contributed by atoms with Gasteiger partial charge in [-0.15, -0.1) is 0 Å². The molecular formula is C18H17N3O4S. The third-order valence-corrected chi connectivity index (χ3v) is 4.38. The van der Waals surface area contributed by atoms with Crippen molar-refractivity contribution >= 4 is 23.4 Å². The second kappa shape index (κ2) is 8.39. The smallest absolute Gasteiger partial charge is 0.298 e. The summed E-state index contributed by atoms with van der Waals surface area (Å²) in [5.41, 5.74) is 1.34. The highest BCUT2D eigenvalue weighted by atomic mass is 32.2. The van der Waals surface area contributed by atoms with Crippen molar-refractivity contribution in [1.82, 2.24) is 5.27 Å². The van der Waals surface area contributed by atoms with Crippen molar-refractivity contribution in [3.05, 3.63) is 54.6 Å². The second-order valence-corrected chi connectivity index (χ2v) is 6.17. The molecule has 3 rings (SSSR count). The zero-order valence-electron chi connectivity index (χ0n) is 14.0. The van der Waals surface area contributed by atoms with Crippen molar-refractivity contribution in [2.45, 2.75) is 11.9 Å². The lowest BCUT2D eigenvalue weighted by atomic mass is 10.3. The van der Waals surface area contributed by atoms with Crippen LogP contribution >= 0.6 is 11.8 Å². The van der Waals surface area contributed by atoms with Crippen molar-refractivity contribution in [1.29, 1.82) is 0 Å². The Morgan fingerprint density at radius 1 is 1.23 bits per heavy atom. The topological polar surface area (TPSA) is 91.3 Å². The molecule has 0 atom stereocenters. The average molecular weight is 371 g/mol. The number of aromatic nitrogens is 2. The number of nitrogens with zero attached hydrogens (tertiary/aromatic N) is 2. The molecule has 0 radical (unpaired) electrons. The maximum absolute atomic E-state index is 12.2. The first-order valence-corrected chi connectivity index (χ1v) is 8.96. The lowest BCUT2D eigenvalue weighted by Crippen LogP contribution is -2.35. The second-order valence-electron chi connectivity index (χ2n) is 5.21. The van der Waals surface area contributed by atoms with Crippen molar-refractivity contribution in [3.63, 3.8) is 0 Å². The van der Waals surface area contributed by atoms with Crippen LogP contribution in [-0.4, -0.2) is 23.5 Å². The predicted octanol–water partition coefficient (Wildman–Crippen LogP) is 2.15. The first kappa shape index (κ1) is 17.8. The molecule has 1 amide bonds. The third kappa shape index (κ3) is 4.34. The van der Waals surface area contributed by atoms with Gasteiger partial charge in [-0.3, -0.25) is 4.79 Å². The maximum atomic E-state index is 12.2. The fraction of sp³-hybridized carbons (Fsp3) is 0.167. The van der Waals surface area contributed by atoms with Crippen LogP contribution in [0.25, 0.3) is 5.69 Å². The minimum absolute atomic E-state index is 0.0521. The number of hydrogen-bond donors (Lipinski definition) is 1. The molecule has 3 aromatic rings. The van der Waals surface area contributed by atoms with E-state index >= 15 is 0 Å². The Kier molecular flexibility index (Phi) is 5.75. The molecule has 7 nitrogen and oxygen atoms in total. The van der Waals surface area contributed by atoms with Crippen LogP contribution < -0.4 is 19.8 Å². The SMILES string of the molecule is CCOc1ccc(NC(=O)CSc2c([O-])on[n+]2-c2ccccc2)cc1. The van der Waals surface area contributed by atoms with Crippen LogP contribution in [0.15, 0.2) is 64.1 Å². The van der Waals surface area contributed by atoms with E-state index in [0.717, 1.165) is 17.5 Å². The van der Waals surface area contributed by atoms with Crippen LogP contribution in [-0.2, 0) is 4.79 Å². The van der Waals surface area contributed by atoms with Gasteiger partial charge in [-0.2, -0.15) is 0 Å². The summed E-state index contributed by atoms with van der Waals surface area (Å²) in [5.74, 6) is -0.0208. The Bertz CT molecular complexity index is 866. The largest absolute Gasteiger partial charge is 0.538 e. The number of rotatable bonds is 7. The lowest BCUT2D eigenvalue weighted by Gasteiger charge is -2.06. The molecule has 134 valence electrons. The number of para-hydroxylation sites is 1. The summed E-state index contributed by atoms with van der Waals surface area (Å²) in [6.45, 7) is 2.49. The summed E-state index contributed by atoms with van der Waals surface area (Å²) >= 11 is 1.07. The van der Waals surface area contributed by atoms with Crippen molar-refractivity contribution in [2.75, 3.05) is 17.7 Å². The summed E-state index contributed by atoms with van der Waals surface area (Å²) in [6, 6.07) is 16.2. The molecule has 0 aliphatic rings. The van der Waals surface area contributed by atoms with Crippen molar-refractivity contribution < 1.29 is 23.8 Å². The quantitative estimate of drug-likeness (QED) is 0.505. The minimum Gasteiger partial charge on any atom is -0.538 e. The highest BCUT2D eigenvalue weighted by molar-refractivity contribution is 7.99. The molecule has 0 aliphatic carbocycles. The van der Waals surface area contributed by atoms with Crippen LogP contribution in [0, 0.1) is 0 Å². The van der Waals surface area contributed by atoms with Gasteiger partial charge in [0, 0.05) is 17.8 Å². The Morgan fingerprint density at radius 2 is 1.96 bits per heavy atom. The van der Waals surface area contributed by atoms with E-state index in [1.54, 1.807) is 36.4 Å². The van der Waals surface area contributed by atoms with Crippen LogP contribution in [0.2, 0.25) is 0 Å². The highest BCUT2D eigenvalue weighted by Gasteiger charge is 2.21. The molecule has 2 aromatic carbocycles. The fourth-order valence-corrected chi connectivity index (χ4v) is 2.98. The molecule has 26 heavy (non-hydrogen) atoms. The summed E-state index contributed by atoms with van der Waals surface area (Å²) in [4.78, 5) is 12.2. The predicted molar refractivity (Wildman–Crippen MR) is 94.4 cm³/mol. The van der Waals surface area contributed by atoms with E-state index in [2.05, 4.69) is 10.6 Å². The van der Waals surface area contributed by atoms with Crippen LogP contribution in [0.5, 0.6) is 11.7 Å². The Hall–Kier alpha value is -3.00. The Labute approximate surface area is 154 Å². The van der Waals surface area contributed by atoms with Gasteiger partial charge in [-0.05, 0) is 47.6 Å². The number of anilines is 1. The number of carbonyl (C=O) groups excluding carboxylic acids is 1. The zero-order chi connectivity index (χ0) is 18.4. The molecule has 0 aliphatic heterocycles. The van der Waals surface area contributed by atoms with Crippen LogP contribution in [0.4, 0.5) is 5.69 Å². The van der Waals surface area contributed by atoms with Gasteiger partial charge < -0.3 is 19.7 Å². The standard InChI is InChI=1S/C18H17N3O4S/c1-2-24-15-10-8-13(9-11-15)19-16(22)12-26-17-18(23)25-20-21(17)14-6-4-3-5-7-14/h3-11H,2,12H2,1H3,(H-,19,20,22,23). The normalized spacial score (nSPS) is 10.5. The Morgan fingerprint density at radius 3 is 2.65 bits per heavy atom. The molecule has 0 saturated carbocycles. The van der Waals surface area contributed by atoms with Gasteiger partial charge in [0.1, 0.15) is 5.75 Å². The van der Waals surface area contributed by atoms with Crippen LogP contribution in [0.1, 0.15) is 6.92 Å². The number of hydrogen-bond acceptors (Lipinski definition) is 6. The Balaban J connectivity index is 1.62. The number of carbonyl (C=O) groups is 1. The number of nitrogens with one attached hydrogen (secondary N) is 1. The van der Waals surface area contributed by atoms with Gasteiger partial charge in [-0.1, -0.05) is 18.2 Å². The maximum Gasteiger partial charge on any atom is 0.298 e. The molecule has 0 saturated heterocycles. The molecule has 1 aromatic heterocycles. The highest BCUT2D eigenvalue weighted by Crippen LogP contribution is 2.23. The monoisotopic (exact) mass is 371 g/mol. The molecule has 1 N–H and O–H groups in total. The van der Waals surface area contributed by atoms with E-state index in [-0.39, 0.29) is 16.7 Å². The molecule has 0 bridgehead atoms. The summed E-state index contributed by atoms with van der Waals surface area (Å²) in [6.07, 6.45) is 0. The minimum atomic E-state index is -0.576. The molecule has 0 unspecified atom stereocenters. The average Bonchev–Trinajstić information content (AvgIpc) is 3.03. The molecule has 0 fully saturated rings. The van der Waals surface area contributed by atoms with Gasteiger partial charge in [0.2, 0.25) is 11.6 Å². The van der Waals surface area contributed by atoms with Gasteiger partial charge in [0.15, 0.2) is 5.95 Å². The fourth-order valence-electron chi connectivity index (χ4n) is 2.23. The van der Waals surface area contributed by atoms with E-state index < -0.39 is 5.95 Å². The summed E-state index contributed by atoms with van der Waals surface area (Å²) < 4.78 is 11.5. The number of thioether (sulfide) groups is 1. The van der Waals surface area contributed by atoms with E-state index in [4.69, 9.17) is 9.26 Å². The van der Waals surface area contributed by atoms with Gasteiger partial charge in [0.25, 0.3) is 5.03 Å². The number of benzene rings is 2. The van der Waals surface area contributed by atoms with E-state index in [1.807, 2.05) is 25.1 Å². The zero-order valence-corrected chi connectivity index (χ0v) is 14.9. The van der Waals surface area contributed by atoms with Gasteiger partial charge >= 0.3 is 0 Å². The number of amides is 1. The summed E-state index contributed by atoms with van der Waals surface area (Å²) in [5, 5.41) is 18.6. The van der Waals surface area contributed by atoms with E-state index in [0.29, 0.717) is 18.0 Å². The first-order chi connectivity index (χ1) is 12.7. The van der Waals surface area contributed by atoms with Gasteiger partial charge in [0.05, 0.1) is 17.6 Å². The van der Waals surface area contributed by atoms with Crippen molar-refractivity contribution in [3.8, 4) is 17.4 Å². The van der Waals surface area contributed by atoms with Gasteiger partial charge in [-0.25, -0.2) is 0 Å². The molecule has 8 heteroatoms.